The molecule has 0 atom stereocenters. The fraction of sp³-hybridized carbons (Fsp3) is 0.250. The van der Waals surface area contributed by atoms with E-state index < -0.39 is 0 Å². The molecule has 2 nitrogen and oxygen atoms in total. The van der Waals surface area contributed by atoms with Gasteiger partial charge >= 0.3 is 0 Å². The van der Waals surface area contributed by atoms with Crippen molar-refractivity contribution in [2.45, 2.75) is 12.8 Å². The fourth-order valence-corrected chi connectivity index (χ4v) is 1.20. The summed E-state index contributed by atoms with van der Waals surface area (Å²) >= 11 is 0. The van der Waals surface area contributed by atoms with Crippen molar-refractivity contribution in [3.63, 3.8) is 0 Å². The molecule has 0 bridgehead atoms. The van der Waals surface area contributed by atoms with E-state index in [1.807, 2.05) is 30.3 Å². The maximum absolute atomic E-state index is 10.7. The molecule has 0 aromatic heterocycles. The van der Waals surface area contributed by atoms with Gasteiger partial charge in [0.15, 0.2) is 0 Å². The highest BCUT2D eigenvalue weighted by Crippen LogP contribution is 2.08. The summed E-state index contributed by atoms with van der Waals surface area (Å²) in [6.45, 7) is 4.36. The van der Waals surface area contributed by atoms with E-state index in [0.717, 1.165) is 13.0 Å². The number of benzene rings is 1. The van der Waals surface area contributed by atoms with E-state index in [1.165, 1.54) is 0 Å². The Labute approximate surface area is 84.9 Å². The lowest BCUT2D eigenvalue weighted by Gasteiger charge is -2.05. The number of amides is 1. The van der Waals surface area contributed by atoms with Crippen molar-refractivity contribution in [1.82, 2.24) is 4.90 Å². The summed E-state index contributed by atoms with van der Waals surface area (Å²) < 4.78 is 0. The third-order valence-corrected chi connectivity index (χ3v) is 1.94. The Morgan fingerprint density at radius 3 is 2.29 bits per heavy atom. The summed E-state index contributed by atoms with van der Waals surface area (Å²) in [6.07, 6.45) is 3.28. The Hall–Kier alpha value is -1.57. The molecule has 0 saturated carbocycles. The fourth-order valence-electron chi connectivity index (χ4n) is 1.20. The van der Waals surface area contributed by atoms with Crippen LogP contribution in [-0.4, -0.2) is 17.4 Å². The molecule has 0 spiro atoms. The van der Waals surface area contributed by atoms with E-state index in [2.05, 4.69) is 12.6 Å². The van der Waals surface area contributed by atoms with Crippen LogP contribution in [0.1, 0.15) is 12.8 Å². The molecule has 1 aromatic rings. The average molecular weight is 188 g/mol. The summed E-state index contributed by atoms with van der Waals surface area (Å²) in [5.41, 5.74) is 0. The molecule has 2 rings (SSSR count). The Morgan fingerprint density at radius 1 is 1.36 bits per heavy atom. The summed E-state index contributed by atoms with van der Waals surface area (Å²) in [5, 5.41) is 0. The van der Waals surface area contributed by atoms with Gasteiger partial charge < -0.3 is 4.90 Å². The zero-order chi connectivity index (χ0) is 10.2. The van der Waals surface area contributed by atoms with Gasteiger partial charge in [-0.2, -0.15) is 0 Å². The molecule has 1 aromatic carbocycles. The van der Waals surface area contributed by atoms with Crippen LogP contribution in [-0.2, 0) is 4.79 Å². The van der Waals surface area contributed by atoms with Crippen molar-refractivity contribution >= 4 is 5.91 Å². The molecule has 0 aliphatic carbocycles. The SMILES string of the molecule is C=CN1CCCC1=O.[c]1ccccc1. The van der Waals surface area contributed by atoms with Gasteiger partial charge in [0.25, 0.3) is 0 Å². The number of nitrogens with zero attached hydrogens (tertiary/aromatic N) is 1. The molecule has 73 valence electrons. The largest absolute Gasteiger partial charge is 0.320 e. The topological polar surface area (TPSA) is 20.3 Å². The van der Waals surface area contributed by atoms with Crippen LogP contribution in [0.4, 0.5) is 0 Å². The molecule has 1 amide bonds. The molecule has 1 fully saturated rings. The lowest BCUT2D eigenvalue weighted by molar-refractivity contribution is -0.125. The van der Waals surface area contributed by atoms with Crippen molar-refractivity contribution in [2.24, 2.45) is 0 Å². The predicted molar refractivity (Wildman–Crippen MR) is 56.4 cm³/mol. The van der Waals surface area contributed by atoms with E-state index in [-0.39, 0.29) is 5.91 Å². The number of rotatable bonds is 1. The number of carbonyl (C=O) groups excluding carboxylic acids is 1. The minimum atomic E-state index is 0.208. The molecule has 0 N–H and O–H groups in total. The Morgan fingerprint density at radius 2 is 2.07 bits per heavy atom. The summed E-state index contributed by atoms with van der Waals surface area (Å²) in [4.78, 5) is 12.3. The van der Waals surface area contributed by atoms with Gasteiger partial charge in [-0.1, -0.05) is 36.9 Å². The molecule has 1 aliphatic rings. The second-order valence-corrected chi connectivity index (χ2v) is 2.95. The van der Waals surface area contributed by atoms with Crippen LogP contribution in [0.15, 0.2) is 43.1 Å². The van der Waals surface area contributed by atoms with Gasteiger partial charge in [0.1, 0.15) is 0 Å². The normalized spacial score (nSPS) is 14.6. The van der Waals surface area contributed by atoms with E-state index in [0.29, 0.717) is 6.42 Å². The van der Waals surface area contributed by atoms with Crippen molar-refractivity contribution in [3.8, 4) is 0 Å². The van der Waals surface area contributed by atoms with Crippen LogP contribution in [0.25, 0.3) is 0 Å². The Bertz CT molecular complexity index is 255. The van der Waals surface area contributed by atoms with Crippen LogP contribution in [0.5, 0.6) is 0 Å². The first-order chi connectivity index (χ1) is 6.84. The Balaban J connectivity index is 0.000000146. The highest BCUT2D eigenvalue weighted by molar-refractivity contribution is 5.78. The van der Waals surface area contributed by atoms with Gasteiger partial charge in [-0.3, -0.25) is 4.79 Å². The summed E-state index contributed by atoms with van der Waals surface area (Å²) in [7, 11) is 0. The molecule has 1 aliphatic heterocycles. The average Bonchev–Trinajstić information content (AvgIpc) is 2.67. The highest BCUT2D eigenvalue weighted by atomic mass is 16.2. The quantitative estimate of drug-likeness (QED) is 0.662. The van der Waals surface area contributed by atoms with Gasteiger partial charge in [0.05, 0.1) is 0 Å². The maximum Gasteiger partial charge on any atom is 0.226 e. The number of hydrogen-bond acceptors (Lipinski definition) is 1. The molecule has 1 heterocycles. The predicted octanol–water partition coefficient (Wildman–Crippen LogP) is 2.24. The monoisotopic (exact) mass is 188 g/mol. The molecular formula is C12H14NO. The summed E-state index contributed by atoms with van der Waals surface area (Å²) in [5.74, 6) is 0.208. The van der Waals surface area contributed by atoms with Crippen LogP contribution < -0.4 is 0 Å². The van der Waals surface area contributed by atoms with E-state index in [9.17, 15) is 4.79 Å². The standard InChI is InChI=1S/C6H9NO.C6H5/c1-2-7-5-3-4-6(7)8;1-2-4-6-5-3-1/h2H,1,3-5H2;1-5H. The van der Waals surface area contributed by atoms with Crippen LogP contribution in [0.3, 0.4) is 0 Å². The molecule has 14 heavy (non-hydrogen) atoms. The van der Waals surface area contributed by atoms with E-state index in [1.54, 1.807) is 11.1 Å². The number of likely N-dealkylation sites (tertiary alicyclic amines) is 1. The smallest absolute Gasteiger partial charge is 0.226 e. The first-order valence-corrected chi connectivity index (χ1v) is 4.67. The maximum atomic E-state index is 10.7. The second kappa shape index (κ2) is 5.97. The lowest BCUT2D eigenvalue weighted by atomic mass is 10.4. The third kappa shape index (κ3) is 3.44. The number of hydrogen-bond donors (Lipinski definition) is 0. The zero-order valence-corrected chi connectivity index (χ0v) is 8.15. The van der Waals surface area contributed by atoms with E-state index >= 15 is 0 Å². The number of carbonyl (C=O) groups is 1. The van der Waals surface area contributed by atoms with Crippen LogP contribution in [0, 0.1) is 6.07 Å². The molecule has 2 heteroatoms. The van der Waals surface area contributed by atoms with Crippen molar-refractivity contribution < 1.29 is 4.79 Å². The zero-order valence-electron chi connectivity index (χ0n) is 8.15. The van der Waals surface area contributed by atoms with Crippen molar-refractivity contribution in [1.29, 1.82) is 0 Å². The minimum Gasteiger partial charge on any atom is -0.320 e. The van der Waals surface area contributed by atoms with Gasteiger partial charge in [-0.05, 0) is 18.7 Å². The molecular weight excluding hydrogens is 174 g/mol. The second-order valence-electron chi connectivity index (χ2n) is 2.95. The van der Waals surface area contributed by atoms with E-state index in [4.69, 9.17) is 0 Å². The molecule has 1 saturated heterocycles. The first kappa shape index (κ1) is 10.5. The lowest BCUT2D eigenvalue weighted by Crippen LogP contribution is -2.16. The van der Waals surface area contributed by atoms with Crippen LogP contribution in [0.2, 0.25) is 0 Å². The van der Waals surface area contributed by atoms with Crippen LogP contribution >= 0.6 is 0 Å². The molecule has 0 unspecified atom stereocenters. The molecule has 1 radical (unpaired) electrons. The van der Waals surface area contributed by atoms with Gasteiger partial charge in [-0.25, -0.2) is 0 Å². The Kier molecular flexibility index (Phi) is 4.48. The van der Waals surface area contributed by atoms with Gasteiger partial charge in [-0.15, -0.1) is 0 Å². The highest BCUT2D eigenvalue weighted by Gasteiger charge is 2.15. The minimum absolute atomic E-state index is 0.208. The summed E-state index contributed by atoms with van der Waals surface area (Å²) in [6, 6.07) is 12.5. The first-order valence-electron chi connectivity index (χ1n) is 4.67. The van der Waals surface area contributed by atoms with Crippen molar-refractivity contribution in [2.75, 3.05) is 6.54 Å². The van der Waals surface area contributed by atoms with Gasteiger partial charge in [0, 0.05) is 13.0 Å². The van der Waals surface area contributed by atoms with Crippen molar-refractivity contribution in [3.05, 3.63) is 49.2 Å². The third-order valence-electron chi connectivity index (χ3n) is 1.94. The van der Waals surface area contributed by atoms with Gasteiger partial charge in [0.2, 0.25) is 5.91 Å².